The van der Waals surface area contributed by atoms with Gasteiger partial charge >= 0.3 is 0 Å². The molecule has 1 aliphatic carbocycles. The summed E-state index contributed by atoms with van der Waals surface area (Å²) in [5.41, 5.74) is 20.5. The lowest BCUT2D eigenvalue weighted by molar-refractivity contribution is 0.764. The molecule has 210 valence electrons. The average Bonchev–Trinajstić information content (AvgIpc) is 3.27. The monoisotopic (exact) mass is 554 g/mol. The van der Waals surface area contributed by atoms with Crippen molar-refractivity contribution in [2.75, 3.05) is 0 Å². The van der Waals surface area contributed by atoms with Crippen LogP contribution in [0.5, 0.6) is 0 Å². The summed E-state index contributed by atoms with van der Waals surface area (Å²) in [5, 5.41) is 0. The Bertz CT molecular complexity index is 1850. The highest BCUT2D eigenvalue weighted by Crippen LogP contribution is 2.57. The second-order valence-electron chi connectivity index (χ2n) is 12.6. The number of hydrogen-bond donors (Lipinski definition) is 0. The smallest absolute Gasteiger partial charge is 0.0587 e. The molecule has 0 amide bonds. The fourth-order valence-corrected chi connectivity index (χ4v) is 7.25. The van der Waals surface area contributed by atoms with Crippen molar-refractivity contribution in [2.45, 2.75) is 47.0 Å². The summed E-state index contributed by atoms with van der Waals surface area (Å²) in [7, 11) is 0. The molecule has 0 heteroatoms. The van der Waals surface area contributed by atoms with E-state index in [1.54, 1.807) is 0 Å². The summed E-state index contributed by atoms with van der Waals surface area (Å²) in [4.78, 5) is 0. The maximum atomic E-state index is 2.45. The predicted molar refractivity (Wildman–Crippen MR) is 183 cm³/mol. The normalized spacial score (nSPS) is 13.1. The third-order valence-electron chi connectivity index (χ3n) is 9.49. The molecular weight excluding hydrogens is 516 g/mol. The van der Waals surface area contributed by atoms with E-state index < -0.39 is 5.41 Å². The first-order valence-corrected chi connectivity index (χ1v) is 15.3. The van der Waals surface area contributed by atoms with Crippen LogP contribution in [-0.4, -0.2) is 0 Å². The number of aryl methyl sites for hydroxylation is 6. The maximum Gasteiger partial charge on any atom is 0.0713 e. The molecule has 0 atom stereocenters. The Kier molecular flexibility index (Phi) is 6.47. The first-order chi connectivity index (χ1) is 20.8. The minimum Gasteiger partial charge on any atom is -0.0587 e. The molecule has 0 bridgehead atoms. The topological polar surface area (TPSA) is 0 Å². The Morgan fingerprint density at radius 2 is 0.674 bits per heavy atom. The van der Waals surface area contributed by atoms with Crippen LogP contribution in [0.15, 0.2) is 121 Å². The first-order valence-electron chi connectivity index (χ1n) is 15.3. The lowest BCUT2D eigenvalue weighted by atomic mass is 9.66. The number of benzene rings is 6. The van der Waals surface area contributed by atoms with E-state index in [1.165, 1.54) is 89.0 Å². The second kappa shape index (κ2) is 10.2. The van der Waals surface area contributed by atoms with Gasteiger partial charge in [0.15, 0.2) is 0 Å². The molecule has 0 spiro atoms. The van der Waals surface area contributed by atoms with E-state index in [4.69, 9.17) is 0 Å². The Morgan fingerprint density at radius 3 is 1.05 bits per heavy atom. The van der Waals surface area contributed by atoms with Crippen molar-refractivity contribution < 1.29 is 0 Å². The van der Waals surface area contributed by atoms with Gasteiger partial charge in [-0.25, -0.2) is 0 Å². The van der Waals surface area contributed by atoms with E-state index in [0.717, 1.165) is 0 Å². The van der Waals surface area contributed by atoms with Gasteiger partial charge in [0.05, 0.1) is 5.41 Å². The van der Waals surface area contributed by atoms with Crippen LogP contribution in [0.4, 0.5) is 0 Å². The Hall–Kier alpha value is -4.68. The molecule has 0 aromatic heterocycles. The van der Waals surface area contributed by atoms with Gasteiger partial charge in [0.25, 0.3) is 0 Å². The quantitative estimate of drug-likeness (QED) is 0.203. The lowest BCUT2D eigenvalue weighted by Crippen LogP contribution is -2.29. The highest BCUT2D eigenvalue weighted by molar-refractivity contribution is 5.87. The Balaban J connectivity index is 1.52. The Morgan fingerprint density at radius 1 is 0.326 bits per heavy atom. The Labute approximate surface area is 256 Å². The van der Waals surface area contributed by atoms with E-state index in [2.05, 4.69) is 163 Å². The molecule has 1 aliphatic rings. The van der Waals surface area contributed by atoms with Crippen LogP contribution in [0.2, 0.25) is 0 Å². The van der Waals surface area contributed by atoms with Crippen molar-refractivity contribution >= 4 is 0 Å². The summed E-state index contributed by atoms with van der Waals surface area (Å²) in [6.45, 7) is 13.3. The molecule has 0 radical (unpaired) electrons. The zero-order valence-electron chi connectivity index (χ0n) is 26.0. The standard InChI is InChI=1S/C43H38/c1-27-7-13-33(14-8-27)37-21-17-35(25-31(37)5)43(36-18-22-38(32(6)26-36)34-15-9-28(2)10-16-34)41-23-29(3)11-19-39(41)40-20-12-30(4)24-42(40)43/h7-26H,1-6H3. The van der Waals surface area contributed by atoms with Crippen molar-refractivity contribution in [3.05, 3.63) is 177 Å². The summed E-state index contributed by atoms with van der Waals surface area (Å²) in [6, 6.07) is 46.2. The number of fused-ring (bicyclic) bond motifs is 3. The molecule has 0 unspecified atom stereocenters. The molecule has 0 N–H and O–H groups in total. The van der Waals surface area contributed by atoms with Crippen molar-refractivity contribution in [1.82, 2.24) is 0 Å². The molecule has 7 rings (SSSR count). The molecule has 0 heterocycles. The van der Waals surface area contributed by atoms with Gasteiger partial charge in [-0.05, 0) is 108 Å². The van der Waals surface area contributed by atoms with Gasteiger partial charge in [0.2, 0.25) is 0 Å². The molecule has 6 aromatic rings. The van der Waals surface area contributed by atoms with Crippen LogP contribution in [0.1, 0.15) is 55.6 Å². The summed E-state index contributed by atoms with van der Waals surface area (Å²) >= 11 is 0. The van der Waals surface area contributed by atoms with Gasteiger partial charge in [-0.3, -0.25) is 0 Å². The van der Waals surface area contributed by atoms with Gasteiger partial charge in [0, 0.05) is 0 Å². The van der Waals surface area contributed by atoms with E-state index >= 15 is 0 Å². The molecule has 43 heavy (non-hydrogen) atoms. The van der Waals surface area contributed by atoms with Gasteiger partial charge in [-0.2, -0.15) is 0 Å². The third-order valence-corrected chi connectivity index (χ3v) is 9.49. The van der Waals surface area contributed by atoms with E-state index in [0.29, 0.717) is 0 Å². The third kappa shape index (κ3) is 4.36. The molecule has 0 saturated heterocycles. The largest absolute Gasteiger partial charge is 0.0713 e. The molecule has 0 aliphatic heterocycles. The van der Waals surface area contributed by atoms with Crippen LogP contribution in [-0.2, 0) is 5.41 Å². The fraction of sp³-hybridized carbons (Fsp3) is 0.163. The van der Waals surface area contributed by atoms with Gasteiger partial charge in [0.1, 0.15) is 0 Å². The summed E-state index contributed by atoms with van der Waals surface area (Å²) < 4.78 is 0. The van der Waals surface area contributed by atoms with Gasteiger partial charge < -0.3 is 0 Å². The molecule has 0 nitrogen and oxygen atoms in total. The van der Waals surface area contributed by atoms with E-state index in [-0.39, 0.29) is 0 Å². The van der Waals surface area contributed by atoms with Crippen LogP contribution in [0.3, 0.4) is 0 Å². The first kappa shape index (κ1) is 27.2. The van der Waals surface area contributed by atoms with Crippen molar-refractivity contribution in [3.8, 4) is 33.4 Å². The average molecular weight is 555 g/mol. The van der Waals surface area contributed by atoms with Crippen molar-refractivity contribution in [1.29, 1.82) is 0 Å². The lowest BCUT2D eigenvalue weighted by Gasteiger charge is -2.35. The zero-order chi connectivity index (χ0) is 29.9. The van der Waals surface area contributed by atoms with E-state index in [1.807, 2.05) is 0 Å². The van der Waals surface area contributed by atoms with Crippen LogP contribution in [0, 0.1) is 41.5 Å². The highest BCUT2D eigenvalue weighted by Gasteiger charge is 2.46. The fourth-order valence-electron chi connectivity index (χ4n) is 7.25. The molecule has 6 aromatic carbocycles. The van der Waals surface area contributed by atoms with Crippen LogP contribution in [0.25, 0.3) is 33.4 Å². The SMILES string of the molecule is Cc1ccc(-c2ccc(C3(c4ccc(-c5ccc(C)cc5)c(C)c4)c4cc(C)ccc4-c4ccc(C)cc43)cc2C)cc1. The van der Waals surface area contributed by atoms with Crippen LogP contribution < -0.4 is 0 Å². The molecule has 0 fully saturated rings. The molecule has 0 saturated carbocycles. The minimum atomic E-state index is -0.421. The predicted octanol–water partition coefficient (Wildman–Crippen LogP) is 11.2. The maximum absolute atomic E-state index is 2.45. The van der Waals surface area contributed by atoms with Gasteiger partial charge in [-0.1, -0.05) is 144 Å². The molecular formula is C43H38. The highest BCUT2D eigenvalue weighted by atomic mass is 14.5. The van der Waals surface area contributed by atoms with Crippen LogP contribution >= 0.6 is 0 Å². The van der Waals surface area contributed by atoms with Crippen molar-refractivity contribution in [3.63, 3.8) is 0 Å². The minimum absolute atomic E-state index is 0.421. The second-order valence-corrected chi connectivity index (χ2v) is 12.6. The van der Waals surface area contributed by atoms with Crippen molar-refractivity contribution in [2.24, 2.45) is 0 Å². The summed E-state index contributed by atoms with van der Waals surface area (Å²) in [5.74, 6) is 0. The number of rotatable bonds is 4. The van der Waals surface area contributed by atoms with Gasteiger partial charge in [-0.15, -0.1) is 0 Å². The zero-order valence-corrected chi connectivity index (χ0v) is 26.0. The number of hydrogen-bond acceptors (Lipinski definition) is 0. The summed E-state index contributed by atoms with van der Waals surface area (Å²) in [6.07, 6.45) is 0. The van der Waals surface area contributed by atoms with E-state index in [9.17, 15) is 0 Å².